The fourth-order valence-electron chi connectivity index (χ4n) is 2.74. The Kier molecular flexibility index (Phi) is 29.4. The summed E-state index contributed by atoms with van der Waals surface area (Å²) in [5, 5.41) is 2.79. The topological polar surface area (TPSA) is 73.9 Å². The number of rotatable bonds is 16. The van der Waals surface area contributed by atoms with Crippen LogP contribution in [0.3, 0.4) is 0 Å². The third kappa shape index (κ3) is 22.4. The first-order valence-corrected chi connectivity index (χ1v) is 13.8. The molecule has 0 aliphatic heterocycles. The number of ketones is 1. The van der Waals surface area contributed by atoms with Gasteiger partial charge in [-0.15, -0.1) is 0 Å². The first-order valence-electron chi connectivity index (χ1n) is 13.8. The molecule has 1 N–H and O–H groups in total. The number of benzene rings is 2. The van der Waals surface area contributed by atoms with E-state index >= 15 is 0 Å². The smallest absolute Gasteiger partial charge is 0.251 e. The molecule has 0 saturated carbocycles. The van der Waals surface area contributed by atoms with Crippen LogP contribution in [0.4, 0.5) is 0 Å². The van der Waals surface area contributed by atoms with Crippen LogP contribution < -0.4 is 5.32 Å². The highest BCUT2D eigenvalue weighted by Gasteiger charge is 2.04. The molecule has 0 aliphatic carbocycles. The monoisotopic (exact) mass is 517 g/mol. The molecule has 0 aliphatic rings. The number of hydrogen-bond donors (Lipinski definition) is 1. The van der Waals surface area contributed by atoms with Crippen molar-refractivity contribution >= 4 is 11.7 Å². The summed E-state index contributed by atoms with van der Waals surface area (Å²) in [6.07, 6.45) is 3.35. The molecule has 0 fully saturated rings. The minimum absolute atomic E-state index is 0.0456. The molecule has 0 bridgehead atoms. The molecule has 2 aromatic carbocycles. The number of hydrogen-bond acceptors (Lipinski definition) is 5. The first-order chi connectivity index (χ1) is 18.2. The SMILES string of the molecule is CC.CC.CCCOCCNC(=O)c1ccccc1.CCCOCCOCCCC(=O)c1ccccc1. The van der Waals surface area contributed by atoms with Crippen molar-refractivity contribution in [1.29, 1.82) is 0 Å². The Labute approximate surface area is 226 Å². The molecule has 37 heavy (non-hydrogen) atoms. The summed E-state index contributed by atoms with van der Waals surface area (Å²) in [4.78, 5) is 23.2. The maximum absolute atomic E-state index is 11.7. The van der Waals surface area contributed by atoms with Gasteiger partial charge in [0.25, 0.3) is 5.91 Å². The van der Waals surface area contributed by atoms with Gasteiger partial charge in [-0.05, 0) is 31.4 Å². The van der Waals surface area contributed by atoms with Crippen molar-refractivity contribution in [2.45, 2.75) is 67.2 Å². The van der Waals surface area contributed by atoms with E-state index in [1.807, 2.05) is 76.2 Å². The van der Waals surface area contributed by atoms with E-state index < -0.39 is 0 Å². The Bertz CT molecular complexity index is 738. The van der Waals surface area contributed by atoms with E-state index in [2.05, 4.69) is 19.2 Å². The molecule has 0 heterocycles. The highest BCUT2D eigenvalue weighted by atomic mass is 16.5. The molecule has 1 amide bonds. The van der Waals surface area contributed by atoms with Gasteiger partial charge in [-0.1, -0.05) is 90.1 Å². The highest BCUT2D eigenvalue weighted by molar-refractivity contribution is 5.96. The molecule has 210 valence electrons. The summed E-state index contributed by atoms with van der Waals surface area (Å²) in [5.74, 6) is 0.136. The van der Waals surface area contributed by atoms with E-state index in [4.69, 9.17) is 14.2 Å². The van der Waals surface area contributed by atoms with Gasteiger partial charge in [-0.3, -0.25) is 9.59 Å². The van der Waals surface area contributed by atoms with Crippen molar-refractivity contribution < 1.29 is 23.8 Å². The summed E-state index contributed by atoms with van der Waals surface area (Å²) in [5.41, 5.74) is 1.47. The number of amides is 1. The Balaban J connectivity index is 0. The molecule has 2 rings (SSSR count). The second kappa shape index (κ2) is 29.7. The average molecular weight is 518 g/mol. The molecule has 0 aromatic heterocycles. The van der Waals surface area contributed by atoms with E-state index in [1.165, 1.54) is 0 Å². The summed E-state index contributed by atoms with van der Waals surface area (Å²) in [6, 6.07) is 18.6. The third-order valence-electron chi connectivity index (χ3n) is 4.43. The zero-order chi connectivity index (χ0) is 28.0. The van der Waals surface area contributed by atoms with Gasteiger partial charge in [0.1, 0.15) is 0 Å². The summed E-state index contributed by atoms with van der Waals surface area (Å²) >= 11 is 0. The van der Waals surface area contributed by atoms with Crippen LogP contribution in [0, 0.1) is 0 Å². The van der Waals surface area contributed by atoms with Crippen LogP contribution in [0.25, 0.3) is 0 Å². The normalized spacial score (nSPS) is 9.46. The van der Waals surface area contributed by atoms with Crippen LogP contribution in [0.5, 0.6) is 0 Å². The van der Waals surface area contributed by atoms with Gasteiger partial charge in [0.15, 0.2) is 5.78 Å². The van der Waals surface area contributed by atoms with Gasteiger partial charge in [0.2, 0.25) is 0 Å². The molecule has 0 unspecified atom stereocenters. The highest BCUT2D eigenvalue weighted by Crippen LogP contribution is 2.05. The first kappa shape index (κ1) is 36.6. The van der Waals surface area contributed by atoms with Crippen molar-refractivity contribution in [3.8, 4) is 0 Å². The van der Waals surface area contributed by atoms with Gasteiger partial charge in [-0.2, -0.15) is 0 Å². The number of Topliss-reactive ketones (excluding diaryl/α,β-unsaturated/α-hetero) is 1. The van der Waals surface area contributed by atoms with Gasteiger partial charge in [0, 0.05) is 43.9 Å². The predicted octanol–water partition coefficient (Wildman–Crippen LogP) is 6.99. The van der Waals surface area contributed by atoms with Crippen molar-refractivity contribution in [2.75, 3.05) is 46.2 Å². The Morgan fingerprint density at radius 1 is 0.622 bits per heavy atom. The van der Waals surface area contributed by atoms with Gasteiger partial charge < -0.3 is 19.5 Å². The molecule has 0 saturated heterocycles. The van der Waals surface area contributed by atoms with Crippen LogP contribution in [0.15, 0.2) is 60.7 Å². The predicted molar refractivity (Wildman–Crippen MR) is 155 cm³/mol. The van der Waals surface area contributed by atoms with E-state index in [9.17, 15) is 9.59 Å². The molecular formula is C31H51NO5. The zero-order valence-corrected chi connectivity index (χ0v) is 24.1. The number of ether oxygens (including phenoxy) is 3. The van der Waals surface area contributed by atoms with Gasteiger partial charge in [0.05, 0.1) is 19.8 Å². The van der Waals surface area contributed by atoms with E-state index in [-0.39, 0.29) is 11.7 Å². The minimum atomic E-state index is -0.0456. The van der Waals surface area contributed by atoms with Crippen LogP contribution >= 0.6 is 0 Å². The van der Waals surface area contributed by atoms with E-state index in [1.54, 1.807) is 12.1 Å². The Morgan fingerprint density at radius 2 is 1.08 bits per heavy atom. The van der Waals surface area contributed by atoms with Crippen molar-refractivity contribution in [3.05, 3.63) is 71.8 Å². The Hall–Kier alpha value is -2.54. The lowest BCUT2D eigenvalue weighted by Gasteiger charge is -2.05. The lowest BCUT2D eigenvalue weighted by molar-refractivity contribution is 0.0463. The quantitative estimate of drug-likeness (QED) is 0.192. The number of carbonyl (C=O) groups excluding carboxylic acids is 2. The van der Waals surface area contributed by atoms with E-state index in [0.29, 0.717) is 45.0 Å². The molecule has 6 nitrogen and oxygen atoms in total. The number of carbonyl (C=O) groups is 2. The maximum Gasteiger partial charge on any atom is 0.251 e. The van der Waals surface area contributed by atoms with Crippen LogP contribution in [0.1, 0.15) is 87.9 Å². The summed E-state index contributed by atoms with van der Waals surface area (Å²) < 4.78 is 15.9. The Morgan fingerprint density at radius 3 is 1.59 bits per heavy atom. The molecular weight excluding hydrogens is 466 g/mol. The largest absolute Gasteiger partial charge is 0.380 e. The second-order valence-corrected chi connectivity index (χ2v) is 7.35. The second-order valence-electron chi connectivity index (χ2n) is 7.35. The molecule has 0 radical (unpaired) electrons. The molecule has 2 aromatic rings. The summed E-state index contributed by atoms with van der Waals surface area (Å²) in [7, 11) is 0. The van der Waals surface area contributed by atoms with Crippen molar-refractivity contribution in [2.24, 2.45) is 0 Å². The third-order valence-corrected chi connectivity index (χ3v) is 4.43. The average Bonchev–Trinajstić information content (AvgIpc) is 2.97. The minimum Gasteiger partial charge on any atom is -0.380 e. The molecule has 0 atom stereocenters. The zero-order valence-electron chi connectivity index (χ0n) is 24.1. The van der Waals surface area contributed by atoms with Gasteiger partial charge >= 0.3 is 0 Å². The molecule has 6 heteroatoms. The van der Waals surface area contributed by atoms with Crippen molar-refractivity contribution in [3.63, 3.8) is 0 Å². The van der Waals surface area contributed by atoms with Crippen LogP contribution in [-0.4, -0.2) is 57.9 Å². The molecule has 0 spiro atoms. The fraction of sp³-hybridized carbons (Fsp3) is 0.548. The number of nitrogens with one attached hydrogen (secondary N) is 1. The lowest BCUT2D eigenvalue weighted by Crippen LogP contribution is -2.27. The van der Waals surface area contributed by atoms with Gasteiger partial charge in [-0.25, -0.2) is 0 Å². The lowest BCUT2D eigenvalue weighted by atomic mass is 10.1. The summed E-state index contributed by atoms with van der Waals surface area (Å²) in [6.45, 7) is 16.7. The van der Waals surface area contributed by atoms with Crippen LogP contribution in [-0.2, 0) is 14.2 Å². The fourth-order valence-corrected chi connectivity index (χ4v) is 2.74. The standard InChI is InChI=1S/C15H22O3.C12H17NO2.2C2H6/c1-2-10-17-12-13-18-11-6-9-15(16)14-7-4-3-5-8-14;1-2-9-15-10-8-13-12(14)11-6-4-3-5-7-11;2*1-2/h3-5,7-8H,2,6,9-13H2,1H3;3-7H,2,8-10H2,1H3,(H,13,14);2*1-2H3. The van der Waals surface area contributed by atoms with Crippen molar-refractivity contribution in [1.82, 2.24) is 5.32 Å². The van der Waals surface area contributed by atoms with E-state index in [0.717, 1.165) is 38.0 Å². The maximum atomic E-state index is 11.7. The van der Waals surface area contributed by atoms with Crippen LogP contribution in [0.2, 0.25) is 0 Å².